The summed E-state index contributed by atoms with van der Waals surface area (Å²) in [6.07, 6.45) is -0.344. The van der Waals surface area contributed by atoms with E-state index in [1.807, 2.05) is 6.07 Å². The highest BCUT2D eigenvalue weighted by atomic mass is 16.5. The second kappa shape index (κ2) is 7.94. The van der Waals surface area contributed by atoms with E-state index in [4.69, 9.17) is 9.47 Å². The minimum absolute atomic E-state index is 0.344. The first-order valence-corrected chi connectivity index (χ1v) is 9.65. The summed E-state index contributed by atoms with van der Waals surface area (Å²) in [6.45, 7) is 3.00. The molecule has 2 aliphatic rings. The van der Waals surface area contributed by atoms with Gasteiger partial charge in [-0.2, -0.15) is 0 Å². The maximum Gasteiger partial charge on any atom is 0.265 e. The zero-order chi connectivity index (χ0) is 20.4. The van der Waals surface area contributed by atoms with Gasteiger partial charge in [-0.25, -0.2) is 0 Å². The lowest BCUT2D eigenvalue weighted by Gasteiger charge is -2.31. The van der Waals surface area contributed by atoms with Crippen LogP contribution >= 0.6 is 0 Å². The number of carbonyl (C=O) groups excluding carboxylic acids is 2. The number of benzene rings is 2. The number of ether oxygens (including phenoxy) is 2. The smallest absolute Gasteiger partial charge is 0.265 e. The van der Waals surface area contributed by atoms with Gasteiger partial charge in [-0.3, -0.25) is 19.4 Å². The maximum atomic E-state index is 13.3. The number of hydrogen-bond acceptors (Lipinski definition) is 6. The molecule has 2 aromatic carbocycles. The molecule has 1 N–H and O–H groups in total. The quantitative estimate of drug-likeness (QED) is 0.750. The Morgan fingerprint density at radius 3 is 2.59 bits per heavy atom. The molecule has 1 amide bonds. The Balaban J connectivity index is 1.64. The summed E-state index contributed by atoms with van der Waals surface area (Å²) >= 11 is 0. The van der Waals surface area contributed by atoms with E-state index >= 15 is 0 Å². The third kappa shape index (κ3) is 3.53. The molecule has 2 aromatic rings. The van der Waals surface area contributed by atoms with E-state index in [2.05, 4.69) is 4.90 Å². The van der Waals surface area contributed by atoms with Crippen LogP contribution in [0.3, 0.4) is 0 Å². The Hall–Kier alpha value is -2.74. The minimum atomic E-state index is -1.90. The number of amides is 1. The van der Waals surface area contributed by atoms with Crippen molar-refractivity contribution < 1.29 is 24.2 Å². The summed E-state index contributed by atoms with van der Waals surface area (Å²) in [4.78, 5) is 30.0. The standard InChI is InChI=1S/C22H24N2O5/c1-28-20-9-5-2-6-16(20)19(25)14-22(27)17-7-3-4-8-18(17)24(21(22)26)15-23-10-12-29-13-11-23/h2-9,27H,10-15H2,1H3/t22-/m0/s1. The molecule has 0 radical (unpaired) electrons. The molecule has 0 bridgehead atoms. The normalized spacial score (nSPS) is 21.9. The molecule has 0 unspecified atom stereocenters. The molecule has 0 saturated carbocycles. The van der Waals surface area contributed by atoms with Crippen molar-refractivity contribution in [3.05, 3.63) is 59.7 Å². The van der Waals surface area contributed by atoms with Crippen LogP contribution in [0.5, 0.6) is 5.75 Å². The van der Waals surface area contributed by atoms with Crippen LogP contribution in [0.15, 0.2) is 48.5 Å². The molecule has 7 heteroatoms. The first-order valence-electron chi connectivity index (χ1n) is 9.65. The molecule has 2 aliphatic heterocycles. The number of anilines is 1. The highest BCUT2D eigenvalue weighted by Gasteiger charge is 2.51. The second-order valence-corrected chi connectivity index (χ2v) is 7.28. The lowest BCUT2D eigenvalue weighted by Crippen LogP contribution is -2.49. The molecule has 7 nitrogen and oxygen atoms in total. The summed E-state index contributed by atoms with van der Waals surface area (Å²) < 4.78 is 10.6. The predicted octanol–water partition coefficient (Wildman–Crippen LogP) is 1.79. The molecule has 1 fully saturated rings. The van der Waals surface area contributed by atoms with Gasteiger partial charge < -0.3 is 14.6 Å². The number of methoxy groups -OCH3 is 1. The van der Waals surface area contributed by atoms with Crippen molar-refractivity contribution in [3.63, 3.8) is 0 Å². The number of nitrogens with zero attached hydrogens (tertiary/aromatic N) is 2. The summed E-state index contributed by atoms with van der Waals surface area (Å²) in [5, 5.41) is 11.4. The first kappa shape index (κ1) is 19.6. The lowest BCUT2D eigenvalue weighted by atomic mass is 9.88. The van der Waals surface area contributed by atoms with Crippen molar-refractivity contribution in [2.45, 2.75) is 12.0 Å². The van der Waals surface area contributed by atoms with E-state index in [-0.39, 0.29) is 12.2 Å². The van der Waals surface area contributed by atoms with E-state index in [9.17, 15) is 14.7 Å². The monoisotopic (exact) mass is 396 g/mol. The molecule has 1 atom stereocenters. The van der Waals surface area contributed by atoms with Crippen molar-refractivity contribution in [3.8, 4) is 5.75 Å². The Kier molecular flexibility index (Phi) is 5.36. The van der Waals surface area contributed by atoms with Gasteiger partial charge in [-0.05, 0) is 18.2 Å². The Morgan fingerprint density at radius 1 is 1.14 bits per heavy atom. The van der Waals surface area contributed by atoms with E-state index in [0.717, 1.165) is 0 Å². The lowest BCUT2D eigenvalue weighted by molar-refractivity contribution is -0.136. The third-order valence-electron chi connectivity index (χ3n) is 5.51. The van der Waals surface area contributed by atoms with Gasteiger partial charge in [0.1, 0.15) is 5.75 Å². The third-order valence-corrected chi connectivity index (χ3v) is 5.51. The van der Waals surface area contributed by atoms with Gasteiger partial charge in [0.25, 0.3) is 5.91 Å². The van der Waals surface area contributed by atoms with E-state index < -0.39 is 11.5 Å². The number of rotatable bonds is 6. The van der Waals surface area contributed by atoms with Crippen molar-refractivity contribution >= 4 is 17.4 Å². The number of Topliss-reactive ketones (excluding diaryl/α,β-unsaturated/α-hetero) is 1. The van der Waals surface area contributed by atoms with Crippen molar-refractivity contribution in [1.82, 2.24) is 4.90 Å². The molecule has 4 rings (SSSR count). The molecule has 1 saturated heterocycles. The minimum Gasteiger partial charge on any atom is -0.496 e. The predicted molar refractivity (Wildman–Crippen MR) is 107 cm³/mol. The van der Waals surface area contributed by atoms with Crippen LogP contribution in [0.25, 0.3) is 0 Å². The van der Waals surface area contributed by atoms with Crippen LogP contribution in [0.2, 0.25) is 0 Å². The van der Waals surface area contributed by atoms with Crippen LogP contribution in [0.4, 0.5) is 5.69 Å². The van der Waals surface area contributed by atoms with Gasteiger partial charge in [0.2, 0.25) is 0 Å². The van der Waals surface area contributed by atoms with Crippen molar-refractivity contribution in [2.24, 2.45) is 0 Å². The molecule has 2 heterocycles. The fourth-order valence-electron chi connectivity index (χ4n) is 3.96. The Bertz CT molecular complexity index is 925. The summed E-state index contributed by atoms with van der Waals surface area (Å²) in [5.74, 6) is -0.403. The molecule has 0 aromatic heterocycles. The van der Waals surface area contributed by atoms with Crippen molar-refractivity contribution in [2.75, 3.05) is 45.0 Å². The number of morpholine rings is 1. The number of ketones is 1. The number of fused-ring (bicyclic) bond motifs is 1. The number of para-hydroxylation sites is 2. The SMILES string of the molecule is COc1ccccc1C(=O)C[C@@]1(O)C(=O)N(CN2CCOCC2)c2ccccc21. The first-order chi connectivity index (χ1) is 14.0. The molecule has 0 spiro atoms. The molecule has 152 valence electrons. The van der Waals surface area contributed by atoms with Gasteiger partial charge in [-0.1, -0.05) is 30.3 Å². The molecular formula is C22H24N2O5. The average molecular weight is 396 g/mol. The van der Waals surface area contributed by atoms with Crippen LogP contribution in [0.1, 0.15) is 22.3 Å². The number of hydrogen-bond donors (Lipinski definition) is 1. The van der Waals surface area contributed by atoms with E-state index in [0.29, 0.717) is 55.5 Å². The van der Waals surface area contributed by atoms with Gasteiger partial charge in [-0.15, -0.1) is 0 Å². The van der Waals surface area contributed by atoms with E-state index in [1.165, 1.54) is 7.11 Å². The highest BCUT2D eigenvalue weighted by Crippen LogP contribution is 2.43. The second-order valence-electron chi connectivity index (χ2n) is 7.28. The van der Waals surface area contributed by atoms with E-state index in [1.54, 1.807) is 47.4 Å². The van der Waals surface area contributed by atoms with Crippen LogP contribution in [0, 0.1) is 0 Å². The van der Waals surface area contributed by atoms with Gasteiger partial charge in [0, 0.05) is 18.7 Å². The summed E-state index contributed by atoms with van der Waals surface area (Å²) in [6, 6.07) is 13.9. The Labute approximate surface area is 169 Å². The zero-order valence-electron chi connectivity index (χ0n) is 16.3. The van der Waals surface area contributed by atoms with Crippen LogP contribution < -0.4 is 9.64 Å². The number of carbonyl (C=O) groups is 2. The molecule has 29 heavy (non-hydrogen) atoms. The van der Waals surface area contributed by atoms with Gasteiger partial charge >= 0.3 is 0 Å². The number of aliphatic hydroxyl groups is 1. The topological polar surface area (TPSA) is 79.3 Å². The van der Waals surface area contributed by atoms with Crippen LogP contribution in [-0.2, 0) is 15.1 Å². The maximum absolute atomic E-state index is 13.3. The van der Waals surface area contributed by atoms with Gasteiger partial charge in [0.15, 0.2) is 11.4 Å². The summed E-state index contributed by atoms with van der Waals surface area (Å²) in [7, 11) is 1.49. The highest BCUT2D eigenvalue weighted by molar-refractivity contribution is 6.11. The largest absolute Gasteiger partial charge is 0.496 e. The molecule has 0 aliphatic carbocycles. The summed E-state index contributed by atoms with van der Waals surface area (Å²) in [5.41, 5.74) is -0.456. The fourth-order valence-corrected chi connectivity index (χ4v) is 3.96. The van der Waals surface area contributed by atoms with Gasteiger partial charge in [0.05, 0.1) is 44.7 Å². The Morgan fingerprint density at radius 2 is 1.83 bits per heavy atom. The van der Waals surface area contributed by atoms with Crippen LogP contribution in [-0.4, -0.2) is 61.8 Å². The fraction of sp³-hybridized carbons (Fsp3) is 0.364. The zero-order valence-corrected chi connectivity index (χ0v) is 16.3. The average Bonchev–Trinajstić information content (AvgIpc) is 2.96. The molecular weight excluding hydrogens is 372 g/mol. The van der Waals surface area contributed by atoms with Crippen molar-refractivity contribution in [1.29, 1.82) is 0 Å².